The third-order valence-electron chi connectivity index (χ3n) is 5.04. The average Bonchev–Trinajstić information content (AvgIpc) is 2.58. The maximum atomic E-state index is 12.4. The smallest absolute Gasteiger partial charge is 0.225 e. The van der Waals surface area contributed by atoms with Gasteiger partial charge in [0.25, 0.3) is 0 Å². The second-order valence-electron chi connectivity index (χ2n) is 6.81. The van der Waals surface area contributed by atoms with Crippen LogP contribution in [0, 0.1) is 5.92 Å². The first-order valence-electron chi connectivity index (χ1n) is 8.79. The Morgan fingerprint density at radius 2 is 1.88 bits per heavy atom. The van der Waals surface area contributed by atoms with E-state index in [2.05, 4.69) is 20.2 Å². The minimum absolute atomic E-state index is 0. The molecule has 2 heterocycles. The van der Waals surface area contributed by atoms with E-state index in [-0.39, 0.29) is 42.8 Å². The molecule has 0 spiro atoms. The standard InChI is InChI=1S/C17H27N5O.2ClH/c18-15-7-2-1-5-13(15)11-16(23)21-14-6-3-10-22(12-14)17-19-8-4-9-20-17;;/h4,8-9,13-15H,1-3,5-7,10-12,18H2,(H,21,23);2*1H. The first kappa shape index (κ1) is 21.9. The van der Waals surface area contributed by atoms with Crippen molar-refractivity contribution >= 4 is 36.7 Å². The third kappa shape index (κ3) is 6.28. The van der Waals surface area contributed by atoms with E-state index in [0.29, 0.717) is 12.3 Å². The number of amides is 1. The number of nitrogens with zero attached hydrogens (tertiary/aromatic N) is 3. The number of piperidine rings is 1. The van der Waals surface area contributed by atoms with Crippen molar-refractivity contribution in [3.05, 3.63) is 18.5 Å². The SMILES string of the molecule is Cl.Cl.NC1CCCCC1CC(=O)NC1CCCN(c2ncccn2)C1. The summed E-state index contributed by atoms with van der Waals surface area (Å²) in [7, 11) is 0. The van der Waals surface area contributed by atoms with Crippen LogP contribution in [0.3, 0.4) is 0 Å². The van der Waals surface area contributed by atoms with Crippen molar-refractivity contribution in [1.82, 2.24) is 15.3 Å². The summed E-state index contributed by atoms with van der Waals surface area (Å²) in [5.41, 5.74) is 6.15. The summed E-state index contributed by atoms with van der Waals surface area (Å²) in [4.78, 5) is 23.1. The summed E-state index contributed by atoms with van der Waals surface area (Å²) in [6.07, 6.45) is 10.7. The van der Waals surface area contributed by atoms with Gasteiger partial charge in [0.2, 0.25) is 11.9 Å². The van der Waals surface area contributed by atoms with Gasteiger partial charge in [0, 0.05) is 44.0 Å². The van der Waals surface area contributed by atoms with E-state index in [1.54, 1.807) is 12.4 Å². The van der Waals surface area contributed by atoms with Gasteiger partial charge in [-0.3, -0.25) is 4.79 Å². The summed E-state index contributed by atoms with van der Waals surface area (Å²) in [5, 5.41) is 3.19. The molecule has 1 aliphatic heterocycles. The molecule has 1 aromatic rings. The molecular formula is C17H29Cl2N5O. The number of hydrogen-bond donors (Lipinski definition) is 2. The van der Waals surface area contributed by atoms with Crippen LogP contribution < -0.4 is 16.0 Å². The van der Waals surface area contributed by atoms with Crippen LogP contribution in [0.4, 0.5) is 5.95 Å². The molecule has 25 heavy (non-hydrogen) atoms. The lowest BCUT2D eigenvalue weighted by Crippen LogP contribution is -2.49. The number of rotatable bonds is 4. The molecule has 6 nitrogen and oxygen atoms in total. The zero-order chi connectivity index (χ0) is 16.1. The number of carbonyl (C=O) groups excluding carboxylic acids is 1. The van der Waals surface area contributed by atoms with Crippen LogP contribution in [0.25, 0.3) is 0 Å². The monoisotopic (exact) mass is 389 g/mol. The summed E-state index contributed by atoms with van der Waals surface area (Å²) >= 11 is 0. The van der Waals surface area contributed by atoms with E-state index in [0.717, 1.165) is 44.7 Å². The molecule has 0 aromatic carbocycles. The number of nitrogens with one attached hydrogen (secondary N) is 1. The molecule has 1 aliphatic carbocycles. The Morgan fingerprint density at radius 3 is 2.60 bits per heavy atom. The van der Waals surface area contributed by atoms with Crippen LogP contribution in [-0.4, -0.2) is 41.0 Å². The number of anilines is 1. The quantitative estimate of drug-likeness (QED) is 0.824. The fraction of sp³-hybridized carbons (Fsp3) is 0.706. The van der Waals surface area contributed by atoms with Crippen LogP contribution in [0.1, 0.15) is 44.9 Å². The molecule has 0 radical (unpaired) electrons. The molecule has 1 saturated carbocycles. The Hall–Kier alpha value is -1.11. The van der Waals surface area contributed by atoms with E-state index < -0.39 is 0 Å². The predicted molar refractivity (Wildman–Crippen MR) is 104 cm³/mol. The van der Waals surface area contributed by atoms with Crippen LogP contribution in [0.15, 0.2) is 18.5 Å². The molecule has 1 aromatic heterocycles. The molecule has 8 heteroatoms. The molecule has 3 rings (SSSR count). The fourth-order valence-electron chi connectivity index (χ4n) is 3.75. The zero-order valence-electron chi connectivity index (χ0n) is 14.5. The van der Waals surface area contributed by atoms with Crippen molar-refractivity contribution in [3.63, 3.8) is 0 Å². The first-order chi connectivity index (χ1) is 11.2. The summed E-state index contributed by atoms with van der Waals surface area (Å²) in [6.45, 7) is 1.73. The van der Waals surface area contributed by atoms with Gasteiger partial charge in [-0.05, 0) is 37.7 Å². The number of hydrogen-bond acceptors (Lipinski definition) is 5. The first-order valence-corrected chi connectivity index (χ1v) is 8.79. The Balaban J connectivity index is 0.00000156. The van der Waals surface area contributed by atoms with Crippen molar-refractivity contribution in [1.29, 1.82) is 0 Å². The average molecular weight is 390 g/mol. The van der Waals surface area contributed by atoms with Gasteiger partial charge in [-0.1, -0.05) is 12.8 Å². The Labute approximate surface area is 162 Å². The highest BCUT2D eigenvalue weighted by Gasteiger charge is 2.27. The Kier molecular flexibility index (Phi) is 9.46. The van der Waals surface area contributed by atoms with Gasteiger partial charge in [0.15, 0.2) is 0 Å². The molecule has 3 N–H and O–H groups in total. The molecular weight excluding hydrogens is 361 g/mol. The molecule has 0 bridgehead atoms. The number of halogens is 2. The van der Waals surface area contributed by atoms with Crippen LogP contribution in [-0.2, 0) is 4.79 Å². The van der Waals surface area contributed by atoms with Gasteiger partial charge in [-0.15, -0.1) is 24.8 Å². The van der Waals surface area contributed by atoms with Crippen molar-refractivity contribution in [2.45, 2.75) is 57.0 Å². The largest absolute Gasteiger partial charge is 0.352 e. The highest BCUT2D eigenvalue weighted by Crippen LogP contribution is 2.25. The lowest BCUT2D eigenvalue weighted by atomic mass is 9.83. The van der Waals surface area contributed by atoms with Gasteiger partial charge >= 0.3 is 0 Å². The van der Waals surface area contributed by atoms with Crippen molar-refractivity contribution in [2.75, 3.05) is 18.0 Å². The summed E-state index contributed by atoms with van der Waals surface area (Å²) < 4.78 is 0. The highest BCUT2D eigenvalue weighted by atomic mass is 35.5. The number of carbonyl (C=O) groups is 1. The molecule has 142 valence electrons. The van der Waals surface area contributed by atoms with Crippen LogP contribution in [0.5, 0.6) is 0 Å². The zero-order valence-corrected chi connectivity index (χ0v) is 16.1. The lowest BCUT2D eigenvalue weighted by molar-refractivity contribution is -0.123. The topological polar surface area (TPSA) is 84.1 Å². The minimum atomic E-state index is 0. The van der Waals surface area contributed by atoms with E-state index in [9.17, 15) is 4.79 Å². The number of aromatic nitrogens is 2. The molecule has 2 aliphatic rings. The van der Waals surface area contributed by atoms with Crippen LogP contribution >= 0.6 is 24.8 Å². The van der Waals surface area contributed by atoms with Gasteiger partial charge < -0.3 is 16.0 Å². The van der Waals surface area contributed by atoms with Crippen molar-refractivity contribution in [2.24, 2.45) is 11.7 Å². The van der Waals surface area contributed by atoms with Gasteiger partial charge in [0.05, 0.1) is 0 Å². The third-order valence-corrected chi connectivity index (χ3v) is 5.04. The van der Waals surface area contributed by atoms with Crippen molar-refractivity contribution < 1.29 is 4.79 Å². The van der Waals surface area contributed by atoms with E-state index in [4.69, 9.17) is 5.73 Å². The molecule has 1 saturated heterocycles. The Bertz CT molecular complexity index is 519. The van der Waals surface area contributed by atoms with Crippen molar-refractivity contribution in [3.8, 4) is 0 Å². The van der Waals surface area contributed by atoms with Gasteiger partial charge in [0.1, 0.15) is 0 Å². The molecule has 2 fully saturated rings. The van der Waals surface area contributed by atoms with E-state index >= 15 is 0 Å². The second-order valence-corrected chi connectivity index (χ2v) is 6.81. The summed E-state index contributed by atoms with van der Waals surface area (Å²) in [5.74, 6) is 1.25. The normalized spacial score (nSPS) is 26.1. The minimum Gasteiger partial charge on any atom is -0.352 e. The van der Waals surface area contributed by atoms with Gasteiger partial charge in [-0.2, -0.15) is 0 Å². The molecule has 1 amide bonds. The molecule has 3 atom stereocenters. The fourth-order valence-corrected chi connectivity index (χ4v) is 3.75. The van der Waals surface area contributed by atoms with Gasteiger partial charge in [-0.25, -0.2) is 9.97 Å². The summed E-state index contributed by atoms with van der Waals surface area (Å²) in [6, 6.07) is 2.19. The molecule has 3 unspecified atom stereocenters. The number of nitrogens with two attached hydrogens (primary N) is 1. The maximum Gasteiger partial charge on any atom is 0.225 e. The highest BCUT2D eigenvalue weighted by molar-refractivity contribution is 5.85. The Morgan fingerprint density at radius 1 is 1.16 bits per heavy atom. The second kappa shape index (κ2) is 10.8. The van der Waals surface area contributed by atoms with Crippen LogP contribution in [0.2, 0.25) is 0 Å². The lowest BCUT2D eigenvalue weighted by Gasteiger charge is -2.34. The van der Waals surface area contributed by atoms with E-state index in [1.807, 2.05) is 6.07 Å². The van der Waals surface area contributed by atoms with E-state index in [1.165, 1.54) is 12.8 Å². The maximum absolute atomic E-state index is 12.4. The predicted octanol–water partition coefficient (Wildman–Crippen LogP) is 2.31.